The number of nitrogens with zero attached hydrogens (tertiary/aromatic N) is 1. The lowest BCUT2D eigenvalue weighted by Crippen LogP contribution is -2.26. The number of para-hydroxylation sites is 1. The van der Waals surface area contributed by atoms with Crippen molar-refractivity contribution in [2.75, 3.05) is 7.11 Å². The molecule has 0 fully saturated rings. The van der Waals surface area contributed by atoms with Crippen LogP contribution >= 0.6 is 7.14 Å². The van der Waals surface area contributed by atoms with Crippen LogP contribution in [0.5, 0.6) is 5.75 Å². The largest absolute Gasteiger partial charge is 0.497 e. The van der Waals surface area contributed by atoms with Gasteiger partial charge in [0.05, 0.1) is 28.9 Å². The van der Waals surface area contributed by atoms with Crippen LogP contribution in [-0.4, -0.2) is 19.5 Å². The van der Waals surface area contributed by atoms with Gasteiger partial charge >= 0.3 is 0 Å². The highest BCUT2D eigenvalue weighted by Gasteiger charge is 2.44. The summed E-state index contributed by atoms with van der Waals surface area (Å²) in [4.78, 5) is 0.150. The summed E-state index contributed by atoms with van der Waals surface area (Å²) in [6, 6.07) is 50.5. The lowest BCUT2D eigenvalue weighted by molar-refractivity contribution is 0.414. The second-order valence-electron chi connectivity index (χ2n) is 11.7. The highest BCUT2D eigenvalue weighted by atomic mass is 32.2. The molecule has 0 aliphatic rings. The molecule has 1 aromatic heterocycles. The first-order chi connectivity index (χ1) is 23.3. The van der Waals surface area contributed by atoms with Crippen LogP contribution in [0.25, 0.3) is 22.0 Å². The molecule has 1 unspecified atom stereocenters. The Morgan fingerprint density at radius 3 is 1.71 bits per heavy atom. The van der Waals surface area contributed by atoms with E-state index in [0.717, 1.165) is 22.1 Å². The number of benzene rings is 6. The maximum Gasteiger partial charge on any atom is 0.268 e. The van der Waals surface area contributed by atoms with Crippen molar-refractivity contribution in [2.45, 2.75) is 17.5 Å². The van der Waals surface area contributed by atoms with Gasteiger partial charge in [0.25, 0.3) is 10.0 Å². The minimum atomic E-state index is -4.22. The zero-order chi connectivity index (χ0) is 33.3. The van der Waals surface area contributed by atoms with E-state index in [-0.39, 0.29) is 4.90 Å². The standard InChI is InChI=1S/C41H34NO4PS/c1-30-22-28-36(29-23-30)48(44,45)42-38-21-13-12-20-37(38)39(31-14-6-3-7-15-31)40(42)41(32-24-26-33(46-2)27-25-32)47(43,34-16-8-4-9-17-34)35-18-10-5-11-19-35/h3-29,41H,1-2H3. The lowest BCUT2D eigenvalue weighted by Gasteiger charge is -2.31. The molecule has 7 aromatic rings. The molecule has 0 radical (unpaired) electrons. The molecule has 1 heterocycles. The number of ether oxygens (including phenoxy) is 1. The van der Waals surface area contributed by atoms with Gasteiger partial charge in [0.15, 0.2) is 7.14 Å². The zero-order valence-electron chi connectivity index (χ0n) is 26.6. The molecule has 7 rings (SSSR count). The van der Waals surface area contributed by atoms with Crippen LogP contribution in [0.2, 0.25) is 0 Å². The van der Waals surface area contributed by atoms with E-state index in [2.05, 4.69) is 0 Å². The van der Waals surface area contributed by atoms with Crippen LogP contribution in [0.15, 0.2) is 169 Å². The molecule has 238 valence electrons. The number of aryl methyl sites for hydroxylation is 1. The fourth-order valence-electron chi connectivity index (χ4n) is 6.53. The predicted molar refractivity (Wildman–Crippen MR) is 196 cm³/mol. The molecule has 0 amide bonds. The Morgan fingerprint density at radius 2 is 1.15 bits per heavy atom. The summed E-state index contributed by atoms with van der Waals surface area (Å²) in [6.45, 7) is 1.93. The van der Waals surface area contributed by atoms with Crippen LogP contribution in [0.3, 0.4) is 0 Å². The van der Waals surface area contributed by atoms with Gasteiger partial charge in [0, 0.05) is 21.6 Å². The van der Waals surface area contributed by atoms with Gasteiger partial charge in [-0.3, -0.25) is 0 Å². The third kappa shape index (κ3) is 5.37. The molecule has 1 atom stereocenters. The second kappa shape index (κ2) is 12.8. The molecule has 0 saturated heterocycles. The molecule has 48 heavy (non-hydrogen) atoms. The second-order valence-corrected chi connectivity index (χ2v) is 16.4. The van der Waals surface area contributed by atoms with E-state index in [0.29, 0.717) is 33.1 Å². The number of fused-ring (bicyclic) bond motifs is 1. The lowest BCUT2D eigenvalue weighted by atomic mass is 9.98. The van der Waals surface area contributed by atoms with Crippen molar-refractivity contribution in [2.24, 2.45) is 0 Å². The zero-order valence-corrected chi connectivity index (χ0v) is 28.3. The van der Waals surface area contributed by atoms with E-state index < -0.39 is 22.8 Å². The van der Waals surface area contributed by atoms with Crippen molar-refractivity contribution in [1.82, 2.24) is 3.97 Å². The monoisotopic (exact) mass is 667 g/mol. The van der Waals surface area contributed by atoms with Gasteiger partial charge in [-0.05, 0) is 48.4 Å². The fraction of sp³-hybridized carbons (Fsp3) is 0.0732. The Hall–Kier alpha value is -5.16. The van der Waals surface area contributed by atoms with Crippen molar-refractivity contribution in [3.8, 4) is 16.9 Å². The van der Waals surface area contributed by atoms with Gasteiger partial charge in [-0.15, -0.1) is 0 Å². The molecular weight excluding hydrogens is 633 g/mol. The first kappa shape index (κ1) is 31.4. The van der Waals surface area contributed by atoms with Crippen molar-refractivity contribution in [1.29, 1.82) is 0 Å². The first-order valence-electron chi connectivity index (χ1n) is 15.7. The van der Waals surface area contributed by atoms with Crippen LogP contribution < -0.4 is 15.3 Å². The summed E-state index contributed by atoms with van der Waals surface area (Å²) >= 11 is 0. The smallest absolute Gasteiger partial charge is 0.268 e. The molecule has 0 N–H and O–H groups in total. The van der Waals surface area contributed by atoms with E-state index in [9.17, 15) is 0 Å². The molecule has 0 bridgehead atoms. The quantitative estimate of drug-likeness (QED) is 0.144. The Bertz CT molecular complexity index is 2310. The normalized spacial score (nSPS) is 12.5. The Labute approximate surface area is 281 Å². The highest BCUT2D eigenvalue weighted by Crippen LogP contribution is 2.63. The summed E-state index contributed by atoms with van der Waals surface area (Å²) in [7, 11) is -6.34. The minimum Gasteiger partial charge on any atom is -0.497 e. The Morgan fingerprint density at radius 1 is 0.625 bits per heavy atom. The third-order valence-electron chi connectivity index (χ3n) is 8.82. The van der Waals surface area contributed by atoms with Crippen molar-refractivity contribution >= 4 is 38.7 Å². The average molecular weight is 668 g/mol. The predicted octanol–water partition coefficient (Wildman–Crippen LogP) is 8.97. The summed E-state index contributed by atoms with van der Waals surface area (Å²) in [5.41, 5.74) is 3.22. The van der Waals surface area contributed by atoms with Gasteiger partial charge in [-0.1, -0.05) is 139 Å². The van der Waals surface area contributed by atoms with E-state index in [1.807, 2.05) is 146 Å². The molecule has 6 aromatic carbocycles. The van der Waals surface area contributed by atoms with Crippen molar-refractivity contribution < 1.29 is 17.7 Å². The molecule has 0 saturated carbocycles. The topological polar surface area (TPSA) is 65.4 Å². The molecule has 5 nitrogen and oxygen atoms in total. The van der Waals surface area contributed by atoms with Gasteiger partial charge < -0.3 is 9.30 Å². The summed E-state index contributed by atoms with van der Waals surface area (Å²) in [5.74, 6) is 0.642. The maximum atomic E-state index is 16.6. The molecular formula is C41H34NO4PS. The van der Waals surface area contributed by atoms with Crippen LogP contribution in [0, 0.1) is 6.92 Å². The third-order valence-corrected chi connectivity index (χ3v) is 14.0. The van der Waals surface area contributed by atoms with Crippen molar-refractivity contribution in [3.05, 3.63) is 181 Å². The summed E-state index contributed by atoms with van der Waals surface area (Å²) < 4.78 is 53.8. The highest BCUT2D eigenvalue weighted by molar-refractivity contribution is 7.90. The number of hydrogen-bond donors (Lipinski definition) is 0. The molecule has 0 aliphatic heterocycles. The summed E-state index contributed by atoms with van der Waals surface area (Å²) in [5, 5.41) is 2.00. The number of methoxy groups -OCH3 is 1. The average Bonchev–Trinajstić information content (AvgIpc) is 3.48. The Kier molecular flexibility index (Phi) is 8.38. The molecule has 0 aliphatic carbocycles. The fourth-order valence-corrected chi connectivity index (χ4v) is 11.5. The summed E-state index contributed by atoms with van der Waals surface area (Å²) in [6.07, 6.45) is 0. The van der Waals surface area contributed by atoms with Gasteiger partial charge in [0.2, 0.25) is 0 Å². The van der Waals surface area contributed by atoms with Gasteiger partial charge in [-0.25, -0.2) is 12.4 Å². The molecule has 7 heteroatoms. The van der Waals surface area contributed by atoms with Crippen LogP contribution in [0.1, 0.15) is 22.5 Å². The number of hydrogen-bond acceptors (Lipinski definition) is 4. The van der Waals surface area contributed by atoms with Crippen LogP contribution in [0.4, 0.5) is 0 Å². The SMILES string of the molecule is COc1ccc(C(c2c(-c3ccccc3)c3ccccc3n2S(=O)(=O)c2ccc(C)cc2)P(=O)(c2ccccc2)c2ccccc2)cc1. The van der Waals surface area contributed by atoms with E-state index in [4.69, 9.17) is 4.74 Å². The van der Waals surface area contributed by atoms with Gasteiger partial charge in [-0.2, -0.15) is 0 Å². The minimum absolute atomic E-state index is 0.150. The first-order valence-corrected chi connectivity index (χ1v) is 18.9. The van der Waals surface area contributed by atoms with E-state index in [1.165, 1.54) is 3.97 Å². The van der Waals surface area contributed by atoms with Crippen molar-refractivity contribution in [3.63, 3.8) is 0 Å². The number of rotatable bonds is 9. The van der Waals surface area contributed by atoms with E-state index in [1.54, 1.807) is 31.4 Å². The van der Waals surface area contributed by atoms with E-state index >= 15 is 13.0 Å². The van der Waals surface area contributed by atoms with Gasteiger partial charge in [0.1, 0.15) is 5.75 Å². The maximum absolute atomic E-state index is 16.6. The van der Waals surface area contributed by atoms with Crippen LogP contribution in [-0.2, 0) is 14.6 Å². The Balaban J connectivity index is 1.71. The molecule has 0 spiro atoms. The number of aromatic nitrogens is 1.